The third-order valence-electron chi connectivity index (χ3n) is 20.4. The molecule has 0 aliphatic carbocycles. The summed E-state index contributed by atoms with van der Waals surface area (Å²) in [5.41, 5.74) is 6.83. The summed E-state index contributed by atoms with van der Waals surface area (Å²) in [6.45, 7) is 0. The fourth-order valence-electron chi connectivity index (χ4n) is 15.1. The summed E-state index contributed by atoms with van der Waals surface area (Å²) in [7, 11) is 0. The molecule has 0 fully saturated rings. The molecule has 19 heteroatoms. The fourth-order valence-corrected chi connectivity index (χ4v) is 15.1. The molecule has 0 aliphatic rings. The van der Waals surface area contributed by atoms with Gasteiger partial charge in [-0.1, -0.05) is 249 Å². The molecule has 0 amide bonds. The number of aromatic nitrogens is 14. The van der Waals surface area contributed by atoms with Crippen molar-refractivity contribution in [2.45, 2.75) is 6.18 Å². The standard InChI is InChI=1S/C97H57F5N14/c98-71-51-70(52-72(99)57-71)73-45-50-82(115-78-46-41-66(93-107-85(58-25-9-1-10-26-58)103-86(108-93)59-27-11-2-12-28-59)53-74(78)75-54-67(42-47-79(75)115)94-109-87(60-29-13-3-14-30-60)104-88(110-94)61-31-15-4-16-32-61)83(97(100,101)102)84(73)116-80-48-43-68(95-111-89(62-33-17-5-18-34-62)105-90(112-95)63-35-19-6-20-36-63)55-76(80)77-56-69(44-49-81(77)116)96-113-91(64-37-21-7-22-38-64)106-92(114-96)65-39-23-8-24-40-65/h1-57H. The van der Waals surface area contributed by atoms with E-state index in [2.05, 4.69) is 0 Å². The average Bonchev–Trinajstić information content (AvgIpc) is 1.50. The normalized spacial score (nSPS) is 11.7. The zero-order valence-electron chi connectivity index (χ0n) is 61.1. The average molecular weight is 1510 g/mol. The number of rotatable bonds is 15. The third-order valence-corrected chi connectivity index (χ3v) is 20.4. The fraction of sp³-hybridized carbons (Fsp3) is 0.0103. The first-order valence-corrected chi connectivity index (χ1v) is 37.3. The van der Waals surface area contributed by atoms with E-state index in [0.29, 0.717) is 119 Å². The number of hydrogen-bond donors (Lipinski definition) is 0. The molecule has 0 bridgehead atoms. The van der Waals surface area contributed by atoms with Crippen molar-refractivity contribution >= 4 is 43.6 Å². The number of halogens is 5. The van der Waals surface area contributed by atoms with Crippen LogP contribution in [-0.4, -0.2) is 68.9 Å². The number of fused-ring (bicyclic) bond motifs is 6. The predicted octanol–water partition coefficient (Wildman–Crippen LogP) is 23.6. The van der Waals surface area contributed by atoms with Crippen LogP contribution in [0.5, 0.6) is 0 Å². The van der Waals surface area contributed by atoms with Gasteiger partial charge in [-0.2, -0.15) is 13.2 Å². The van der Waals surface area contributed by atoms with Gasteiger partial charge in [0, 0.05) is 99.9 Å². The van der Waals surface area contributed by atoms with Crippen molar-refractivity contribution in [3.8, 4) is 159 Å². The summed E-state index contributed by atoms with van der Waals surface area (Å²) in [6, 6.07) is 103. The van der Waals surface area contributed by atoms with Crippen LogP contribution in [0.3, 0.4) is 0 Å². The minimum atomic E-state index is -5.27. The molecule has 0 N–H and O–H groups in total. The summed E-state index contributed by atoms with van der Waals surface area (Å²) >= 11 is 0. The van der Waals surface area contributed by atoms with Gasteiger partial charge in [0.1, 0.15) is 17.2 Å². The minimum absolute atomic E-state index is 0.150. The molecular weight excluding hydrogens is 1460 g/mol. The quantitative estimate of drug-likeness (QED) is 0.0894. The molecule has 0 spiro atoms. The molecule has 14 aromatic carbocycles. The van der Waals surface area contributed by atoms with Crippen molar-refractivity contribution in [2.75, 3.05) is 0 Å². The van der Waals surface area contributed by atoms with E-state index in [4.69, 9.17) is 59.8 Å². The van der Waals surface area contributed by atoms with Crippen LogP contribution in [0.25, 0.3) is 203 Å². The molecule has 550 valence electrons. The van der Waals surface area contributed by atoms with E-state index in [1.54, 1.807) is 53.1 Å². The Morgan fingerprint density at radius 1 is 0.198 bits per heavy atom. The number of benzene rings is 14. The smallest absolute Gasteiger partial charge is 0.309 e. The Morgan fingerprint density at radius 3 is 0.638 bits per heavy atom. The van der Waals surface area contributed by atoms with E-state index < -0.39 is 29.1 Å². The van der Waals surface area contributed by atoms with Gasteiger partial charge in [0.2, 0.25) is 0 Å². The van der Waals surface area contributed by atoms with E-state index in [0.717, 1.165) is 56.6 Å². The van der Waals surface area contributed by atoms with Crippen LogP contribution in [0, 0.1) is 11.6 Å². The van der Waals surface area contributed by atoms with E-state index in [1.165, 1.54) is 16.7 Å². The summed E-state index contributed by atoms with van der Waals surface area (Å²) in [6.07, 6.45) is -5.27. The highest BCUT2D eigenvalue weighted by Gasteiger charge is 2.41. The first-order valence-electron chi connectivity index (χ1n) is 37.3. The maximum atomic E-state index is 18.2. The second-order valence-corrected chi connectivity index (χ2v) is 27.8. The molecule has 20 aromatic rings. The molecule has 0 atom stereocenters. The molecule has 0 saturated heterocycles. The van der Waals surface area contributed by atoms with Gasteiger partial charge in [-0.05, 0) is 96.6 Å². The molecule has 0 saturated carbocycles. The van der Waals surface area contributed by atoms with Crippen molar-refractivity contribution in [3.05, 3.63) is 363 Å². The lowest BCUT2D eigenvalue weighted by atomic mass is 9.96. The lowest BCUT2D eigenvalue weighted by Gasteiger charge is -2.24. The first-order chi connectivity index (χ1) is 56.9. The zero-order chi connectivity index (χ0) is 78.0. The molecule has 20 rings (SSSR count). The molecule has 0 unspecified atom stereocenters. The molecule has 6 heterocycles. The largest absolute Gasteiger partial charge is 0.420 e. The zero-order valence-corrected chi connectivity index (χ0v) is 61.1. The van der Waals surface area contributed by atoms with Gasteiger partial charge >= 0.3 is 6.18 Å². The molecule has 14 nitrogen and oxygen atoms in total. The molecule has 6 aromatic heterocycles. The van der Waals surface area contributed by atoms with E-state index in [-0.39, 0.29) is 39.5 Å². The lowest BCUT2D eigenvalue weighted by molar-refractivity contribution is -0.137. The Kier molecular flexibility index (Phi) is 17.3. The third kappa shape index (κ3) is 13.0. The van der Waals surface area contributed by atoms with Crippen LogP contribution < -0.4 is 0 Å². The van der Waals surface area contributed by atoms with Gasteiger partial charge in [0.15, 0.2) is 69.9 Å². The SMILES string of the molecule is Fc1cc(F)cc(-c2ccc(-n3c4ccc(-c5nc(-c6ccccc6)nc(-c6ccccc6)n5)cc4c4cc(-c5nc(-c6ccccc6)nc(-c6ccccc6)n5)ccc43)c(C(F)(F)F)c2-n2c3ccc(-c4nc(-c5ccccc5)nc(-c5ccccc5)n4)cc3c3cc(-c4nc(-c5ccccc5)nc(-c5ccccc5)n4)ccc32)c1. The Labute approximate surface area is 659 Å². The maximum Gasteiger partial charge on any atom is 0.420 e. The van der Waals surface area contributed by atoms with Crippen LogP contribution >= 0.6 is 0 Å². The van der Waals surface area contributed by atoms with Crippen molar-refractivity contribution in [3.63, 3.8) is 0 Å². The summed E-state index contributed by atoms with van der Waals surface area (Å²) in [5.74, 6) is 2.25. The Hall–Kier alpha value is -15.6. The molecule has 0 aliphatic heterocycles. The summed E-state index contributed by atoms with van der Waals surface area (Å²) < 4.78 is 90.4. The topological polar surface area (TPSA) is 165 Å². The number of hydrogen-bond acceptors (Lipinski definition) is 12. The van der Waals surface area contributed by atoms with Crippen LogP contribution in [0.2, 0.25) is 0 Å². The van der Waals surface area contributed by atoms with Gasteiger partial charge in [-0.3, -0.25) is 0 Å². The highest BCUT2D eigenvalue weighted by Crippen LogP contribution is 2.50. The van der Waals surface area contributed by atoms with E-state index >= 15 is 22.0 Å². The van der Waals surface area contributed by atoms with Gasteiger partial charge in [0.25, 0.3) is 0 Å². The minimum Gasteiger partial charge on any atom is -0.309 e. The Bertz CT molecular complexity index is 6570. The van der Waals surface area contributed by atoms with Crippen LogP contribution in [0.4, 0.5) is 22.0 Å². The maximum absolute atomic E-state index is 18.2. The second-order valence-electron chi connectivity index (χ2n) is 27.8. The van der Waals surface area contributed by atoms with Crippen LogP contribution in [0.1, 0.15) is 5.56 Å². The summed E-state index contributed by atoms with van der Waals surface area (Å²) in [5, 5.41) is 1.89. The predicted molar refractivity (Wildman–Crippen MR) is 444 cm³/mol. The van der Waals surface area contributed by atoms with Crippen LogP contribution in [-0.2, 0) is 6.18 Å². The van der Waals surface area contributed by atoms with E-state index in [9.17, 15) is 0 Å². The van der Waals surface area contributed by atoms with E-state index in [1.807, 2.05) is 267 Å². The number of nitrogens with zero attached hydrogens (tertiary/aromatic N) is 14. The second kappa shape index (κ2) is 28.9. The van der Waals surface area contributed by atoms with Crippen molar-refractivity contribution in [2.24, 2.45) is 0 Å². The van der Waals surface area contributed by atoms with Crippen LogP contribution in [0.15, 0.2) is 346 Å². The van der Waals surface area contributed by atoms with Gasteiger partial charge in [-0.15, -0.1) is 0 Å². The van der Waals surface area contributed by atoms with Gasteiger partial charge in [0.05, 0.1) is 33.4 Å². The molecule has 116 heavy (non-hydrogen) atoms. The Balaban J connectivity index is 0.873. The molecule has 0 radical (unpaired) electrons. The summed E-state index contributed by atoms with van der Waals surface area (Å²) in [4.78, 5) is 60.8. The van der Waals surface area contributed by atoms with Crippen molar-refractivity contribution in [1.82, 2.24) is 68.9 Å². The Morgan fingerprint density at radius 2 is 0.414 bits per heavy atom. The first kappa shape index (κ1) is 69.6. The monoisotopic (exact) mass is 1510 g/mol. The van der Waals surface area contributed by atoms with Gasteiger partial charge in [-0.25, -0.2) is 68.6 Å². The highest BCUT2D eigenvalue weighted by molar-refractivity contribution is 6.14. The van der Waals surface area contributed by atoms with Crippen molar-refractivity contribution in [1.29, 1.82) is 0 Å². The molecular formula is C97H57F5N14. The highest BCUT2D eigenvalue weighted by atomic mass is 19.4. The lowest BCUT2D eigenvalue weighted by Crippen LogP contribution is -2.17. The van der Waals surface area contributed by atoms with Gasteiger partial charge < -0.3 is 9.13 Å². The number of alkyl halides is 3. The van der Waals surface area contributed by atoms with Crippen molar-refractivity contribution < 1.29 is 22.0 Å².